The molecule has 0 aliphatic carbocycles. The van der Waals surface area contributed by atoms with Crippen LogP contribution in [0.3, 0.4) is 0 Å². The number of anilines is 1. The molecule has 2 rings (SSSR count). The molecule has 0 spiro atoms. The van der Waals surface area contributed by atoms with Crippen molar-refractivity contribution in [3.63, 3.8) is 0 Å². The minimum Gasteiger partial charge on any atom is -0.380 e. The largest absolute Gasteiger partial charge is 0.380 e. The number of pyridine rings is 1. The number of hydrogen-bond donors (Lipinski definition) is 1. The maximum Gasteiger partial charge on any atom is 0.106 e. The van der Waals surface area contributed by atoms with Crippen molar-refractivity contribution >= 4 is 33.4 Å². The molecule has 0 radical (unpaired) electrons. The Hall–Kier alpha value is -0.220. The third kappa shape index (κ3) is 2.89. The number of thioether (sulfide) groups is 1. The number of aromatic nitrogens is 1. The van der Waals surface area contributed by atoms with E-state index >= 15 is 0 Å². The highest BCUT2D eigenvalue weighted by atomic mass is 79.9. The Morgan fingerprint density at radius 1 is 1.50 bits per heavy atom. The molecule has 0 bridgehead atoms. The number of nitrogens with one attached hydrogen (secondary N) is 1. The van der Waals surface area contributed by atoms with Gasteiger partial charge in [0, 0.05) is 11.8 Å². The molecular weight excluding hydrogens is 260 g/mol. The molecule has 1 atom stereocenters. The molecule has 1 aromatic heterocycles. The van der Waals surface area contributed by atoms with Crippen molar-refractivity contribution in [1.29, 1.82) is 0 Å². The van der Waals surface area contributed by atoms with Crippen LogP contribution in [-0.2, 0) is 0 Å². The summed E-state index contributed by atoms with van der Waals surface area (Å²) in [5.41, 5.74) is 1.13. The third-order valence-electron chi connectivity index (χ3n) is 2.26. The van der Waals surface area contributed by atoms with Gasteiger partial charge in [-0.3, -0.25) is 0 Å². The summed E-state index contributed by atoms with van der Waals surface area (Å²) in [5, 5.41) is 3.50. The summed E-state index contributed by atoms with van der Waals surface area (Å²) in [4.78, 5) is 4.19. The lowest BCUT2D eigenvalue weighted by atomic mass is 10.2. The van der Waals surface area contributed by atoms with Crippen molar-refractivity contribution in [3.05, 3.63) is 22.9 Å². The van der Waals surface area contributed by atoms with E-state index < -0.39 is 0 Å². The van der Waals surface area contributed by atoms with Crippen molar-refractivity contribution in [2.24, 2.45) is 0 Å². The Kier molecular flexibility index (Phi) is 3.70. The van der Waals surface area contributed by atoms with Crippen LogP contribution in [0.4, 0.5) is 5.69 Å². The summed E-state index contributed by atoms with van der Waals surface area (Å²) in [6, 6.07) is 4.66. The zero-order valence-corrected chi connectivity index (χ0v) is 10.3. The van der Waals surface area contributed by atoms with E-state index in [1.54, 1.807) is 0 Å². The molecule has 1 aromatic rings. The number of halogens is 1. The lowest BCUT2D eigenvalue weighted by Gasteiger charge is -2.23. The van der Waals surface area contributed by atoms with Crippen LogP contribution < -0.4 is 5.32 Å². The lowest BCUT2D eigenvalue weighted by Crippen LogP contribution is -2.25. The third-order valence-corrected chi connectivity index (χ3v) is 3.94. The van der Waals surface area contributed by atoms with Crippen molar-refractivity contribution in [2.45, 2.75) is 18.9 Å². The van der Waals surface area contributed by atoms with Crippen molar-refractivity contribution in [2.75, 3.05) is 16.8 Å². The van der Waals surface area contributed by atoms with Gasteiger partial charge in [-0.1, -0.05) is 0 Å². The smallest absolute Gasteiger partial charge is 0.106 e. The summed E-state index contributed by atoms with van der Waals surface area (Å²) in [6.07, 6.45) is 4.48. The molecule has 4 heteroatoms. The highest BCUT2D eigenvalue weighted by molar-refractivity contribution is 9.10. The molecule has 14 heavy (non-hydrogen) atoms. The maximum absolute atomic E-state index is 4.19. The zero-order chi connectivity index (χ0) is 9.80. The van der Waals surface area contributed by atoms with Crippen LogP contribution in [0.15, 0.2) is 22.9 Å². The Morgan fingerprint density at radius 2 is 2.43 bits per heavy atom. The van der Waals surface area contributed by atoms with E-state index in [9.17, 15) is 0 Å². The highest BCUT2D eigenvalue weighted by Gasteiger charge is 2.12. The van der Waals surface area contributed by atoms with Gasteiger partial charge in [-0.15, -0.1) is 0 Å². The molecule has 1 N–H and O–H groups in total. The molecule has 0 aromatic carbocycles. The first-order valence-corrected chi connectivity index (χ1v) is 6.75. The van der Waals surface area contributed by atoms with Gasteiger partial charge in [0.2, 0.25) is 0 Å². The molecule has 0 amide bonds. The van der Waals surface area contributed by atoms with Gasteiger partial charge in [0.1, 0.15) is 4.60 Å². The molecular formula is C10H13BrN2S. The molecule has 1 aliphatic heterocycles. The monoisotopic (exact) mass is 272 g/mol. The van der Waals surface area contributed by atoms with E-state index in [0.29, 0.717) is 6.04 Å². The first kappa shape index (κ1) is 10.3. The second-order valence-corrected chi connectivity index (χ2v) is 5.39. The van der Waals surface area contributed by atoms with Crippen LogP contribution in [0, 0.1) is 0 Å². The fourth-order valence-corrected chi connectivity index (χ4v) is 2.86. The van der Waals surface area contributed by atoms with Gasteiger partial charge in [0.25, 0.3) is 0 Å². The van der Waals surface area contributed by atoms with Crippen LogP contribution in [0.1, 0.15) is 12.8 Å². The SMILES string of the molecule is Brc1ccc(NC2CCCSC2)cn1. The van der Waals surface area contributed by atoms with E-state index in [-0.39, 0.29) is 0 Å². The fraction of sp³-hybridized carbons (Fsp3) is 0.500. The summed E-state index contributed by atoms with van der Waals surface area (Å²) in [6.45, 7) is 0. The topological polar surface area (TPSA) is 24.9 Å². The van der Waals surface area contributed by atoms with Gasteiger partial charge < -0.3 is 5.32 Å². The maximum atomic E-state index is 4.19. The van der Waals surface area contributed by atoms with Crippen molar-refractivity contribution < 1.29 is 0 Å². The van der Waals surface area contributed by atoms with Crippen molar-refractivity contribution in [1.82, 2.24) is 4.98 Å². The second kappa shape index (κ2) is 5.03. The minimum atomic E-state index is 0.622. The first-order valence-electron chi connectivity index (χ1n) is 4.80. The van der Waals surface area contributed by atoms with E-state index in [0.717, 1.165) is 10.3 Å². The average Bonchev–Trinajstić information content (AvgIpc) is 2.23. The quantitative estimate of drug-likeness (QED) is 0.838. The van der Waals surface area contributed by atoms with Crippen LogP contribution in [0.2, 0.25) is 0 Å². The molecule has 1 saturated heterocycles. The van der Waals surface area contributed by atoms with E-state index in [1.165, 1.54) is 24.3 Å². The first-order chi connectivity index (χ1) is 6.84. The summed E-state index contributed by atoms with van der Waals surface area (Å²) >= 11 is 5.36. The van der Waals surface area contributed by atoms with Crippen LogP contribution in [0.5, 0.6) is 0 Å². The molecule has 2 heterocycles. The Balaban J connectivity index is 1.92. The van der Waals surface area contributed by atoms with Gasteiger partial charge in [-0.2, -0.15) is 11.8 Å². The fourth-order valence-electron chi connectivity index (χ4n) is 1.55. The zero-order valence-electron chi connectivity index (χ0n) is 7.87. The van der Waals surface area contributed by atoms with Crippen LogP contribution in [-0.4, -0.2) is 22.5 Å². The standard InChI is InChI=1S/C10H13BrN2S/c11-10-4-3-8(6-12-10)13-9-2-1-5-14-7-9/h3-4,6,9,13H,1-2,5,7H2. The second-order valence-electron chi connectivity index (χ2n) is 3.43. The average molecular weight is 273 g/mol. The normalized spacial score (nSPS) is 21.9. The molecule has 2 nitrogen and oxygen atoms in total. The minimum absolute atomic E-state index is 0.622. The Labute approximate surface area is 97.0 Å². The Morgan fingerprint density at radius 3 is 3.07 bits per heavy atom. The number of rotatable bonds is 2. The molecule has 1 aliphatic rings. The predicted octanol–water partition coefficient (Wildman–Crippen LogP) is 3.15. The van der Waals surface area contributed by atoms with Gasteiger partial charge in [0.05, 0.1) is 11.9 Å². The Bertz CT molecular complexity index is 283. The molecule has 76 valence electrons. The van der Waals surface area contributed by atoms with Crippen molar-refractivity contribution in [3.8, 4) is 0 Å². The van der Waals surface area contributed by atoms with Gasteiger partial charge in [-0.05, 0) is 46.7 Å². The summed E-state index contributed by atoms with van der Waals surface area (Å²) in [5.74, 6) is 2.53. The van der Waals surface area contributed by atoms with Crippen LogP contribution in [0.25, 0.3) is 0 Å². The predicted molar refractivity (Wildman–Crippen MR) is 65.9 cm³/mol. The number of nitrogens with zero attached hydrogens (tertiary/aromatic N) is 1. The van der Waals surface area contributed by atoms with Gasteiger partial charge in [0.15, 0.2) is 0 Å². The van der Waals surface area contributed by atoms with E-state index in [2.05, 4.69) is 32.3 Å². The lowest BCUT2D eigenvalue weighted by molar-refractivity contribution is 0.685. The van der Waals surface area contributed by atoms with E-state index in [4.69, 9.17) is 0 Å². The summed E-state index contributed by atoms with van der Waals surface area (Å²) < 4.78 is 0.890. The van der Waals surface area contributed by atoms with Crippen LogP contribution >= 0.6 is 27.7 Å². The molecule has 0 saturated carbocycles. The van der Waals surface area contributed by atoms with Gasteiger partial charge in [-0.25, -0.2) is 4.98 Å². The van der Waals surface area contributed by atoms with E-state index in [1.807, 2.05) is 24.0 Å². The number of hydrogen-bond acceptors (Lipinski definition) is 3. The molecule has 1 unspecified atom stereocenters. The molecule has 1 fully saturated rings. The van der Waals surface area contributed by atoms with Gasteiger partial charge >= 0.3 is 0 Å². The highest BCUT2D eigenvalue weighted by Crippen LogP contribution is 2.20. The summed E-state index contributed by atoms with van der Waals surface area (Å²) in [7, 11) is 0.